The van der Waals surface area contributed by atoms with E-state index in [0.29, 0.717) is 31.3 Å². The Labute approximate surface area is 99.6 Å². The summed E-state index contributed by atoms with van der Waals surface area (Å²) in [7, 11) is 0. The van der Waals surface area contributed by atoms with Crippen molar-refractivity contribution in [2.45, 2.75) is 20.0 Å². The van der Waals surface area contributed by atoms with Crippen LogP contribution in [0.2, 0.25) is 0 Å². The summed E-state index contributed by atoms with van der Waals surface area (Å²) in [4.78, 5) is 4.23. The van der Waals surface area contributed by atoms with Gasteiger partial charge in [0.05, 0.1) is 6.42 Å². The highest BCUT2D eigenvalue weighted by atomic mass is 16.5. The van der Waals surface area contributed by atoms with Gasteiger partial charge in [-0.15, -0.1) is 0 Å². The summed E-state index contributed by atoms with van der Waals surface area (Å²) in [6.07, 6.45) is 0.587. The van der Waals surface area contributed by atoms with Crippen molar-refractivity contribution in [3.63, 3.8) is 0 Å². The molecule has 2 rings (SSSR count). The van der Waals surface area contributed by atoms with Crippen molar-refractivity contribution in [3.05, 3.63) is 41.5 Å². The van der Waals surface area contributed by atoms with Gasteiger partial charge in [0.15, 0.2) is 5.82 Å². The van der Waals surface area contributed by atoms with E-state index in [1.165, 1.54) is 0 Å². The predicted octanol–water partition coefficient (Wildman–Crippen LogP) is 1.78. The van der Waals surface area contributed by atoms with Gasteiger partial charge in [0.2, 0.25) is 5.89 Å². The molecule has 1 heterocycles. The van der Waals surface area contributed by atoms with Gasteiger partial charge in [-0.25, -0.2) is 0 Å². The highest BCUT2D eigenvalue weighted by Crippen LogP contribution is 2.11. The van der Waals surface area contributed by atoms with E-state index in [1.54, 1.807) is 0 Å². The summed E-state index contributed by atoms with van der Waals surface area (Å²) in [5.74, 6) is 1.15. The fraction of sp³-hybridized carbons (Fsp3) is 0.333. The molecule has 5 heteroatoms. The van der Waals surface area contributed by atoms with Gasteiger partial charge in [-0.2, -0.15) is 4.98 Å². The van der Waals surface area contributed by atoms with Crippen LogP contribution in [-0.2, 0) is 17.8 Å². The minimum Gasteiger partial charge on any atom is -0.399 e. The van der Waals surface area contributed by atoms with Crippen molar-refractivity contribution in [3.8, 4) is 0 Å². The first-order chi connectivity index (χ1) is 8.28. The molecular formula is C12H15N3O2. The second-order valence-corrected chi connectivity index (χ2v) is 3.66. The molecule has 0 atom stereocenters. The SMILES string of the molecule is CCOCc1noc(Cc2cccc(N)c2)n1. The molecule has 0 radical (unpaired) electrons. The minimum atomic E-state index is 0.386. The van der Waals surface area contributed by atoms with Crippen LogP contribution in [0, 0.1) is 0 Å². The molecule has 1 aromatic heterocycles. The standard InChI is InChI=1S/C12H15N3O2/c1-2-16-8-11-14-12(17-15-11)7-9-4-3-5-10(13)6-9/h3-6H,2,7-8,13H2,1H3. The molecule has 17 heavy (non-hydrogen) atoms. The molecule has 5 nitrogen and oxygen atoms in total. The summed E-state index contributed by atoms with van der Waals surface area (Å²) in [5, 5.41) is 3.83. The van der Waals surface area contributed by atoms with E-state index in [4.69, 9.17) is 15.0 Å². The molecule has 0 amide bonds. The average Bonchev–Trinajstić information content (AvgIpc) is 2.74. The molecule has 1 aromatic carbocycles. The van der Waals surface area contributed by atoms with Crippen molar-refractivity contribution < 1.29 is 9.26 Å². The van der Waals surface area contributed by atoms with Gasteiger partial charge < -0.3 is 15.0 Å². The van der Waals surface area contributed by atoms with Crippen LogP contribution in [-0.4, -0.2) is 16.7 Å². The molecule has 0 fully saturated rings. The normalized spacial score (nSPS) is 10.6. The van der Waals surface area contributed by atoms with Crippen molar-refractivity contribution in [2.75, 3.05) is 12.3 Å². The molecule has 0 saturated heterocycles. The summed E-state index contributed by atoms with van der Waals surface area (Å²) in [5.41, 5.74) is 7.48. The summed E-state index contributed by atoms with van der Waals surface area (Å²) < 4.78 is 10.3. The molecule has 90 valence electrons. The number of anilines is 1. The van der Waals surface area contributed by atoms with Crippen LogP contribution in [0.3, 0.4) is 0 Å². The van der Waals surface area contributed by atoms with Crippen LogP contribution < -0.4 is 5.73 Å². The number of hydrogen-bond acceptors (Lipinski definition) is 5. The molecule has 0 aliphatic carbocycles. The average molecular weight is 233 g/mol. The van der Waals surface area contributed by atoms with E-state index in [9.17, 15) is 0 Å². The molecule has 0 unspecified atom stereocenters. The number of rotatable bonds is 5. The summed E-state index contributed by atoms with van der Waals surface area (Å²) in [6.45, 7) is 2.95. The van der Waals surface area contributed by atoms with Gasteiger partial charge in [-0.05, 0) is 24.6 Å². The molecular weight excluding hydrogens is 218 g/mol. The van der Waals surface area contributed by atoms with E-state index in [0.717, 1.165) is 11.3 Å². The zero-order valence-corrected chi connectivity index (χ0v) is 9.72. The third kappa shape index (κ3) is 3.29. The molecule has 2 N–H and O–H groups in total. The lowest BCUT2D eigenvalue weighted by atomic mass is 10.1. The quantitative estimate of drug-likeness (QED) is 0.797. The first kappa shape index (κ1) is 11.6. The number of nitrogen functional groups attached to an aromatic ring is 1. The van der Waals surface area contributed by atoms with Gasteiger partial charge in [0.1, 0.15) is 6.61 Å². The molecule has 0 spiro atoms. The van der Waals surface area contributed by atoms with Crippen molar-refractivity contribution in [1.29, 1.82) is 0 Å². The number of hydrogen-bond donors (Lipinski definition) is 1. The van der Waals surface area contributed by atoms with E-state index in [1.807, 2.05) is 31.2 Å². The first-order valence-corrected chi connectivity index (χ1v) is 5.51. The van der Waals surface area contributed by atoms with E-state index in [-0.39, 0.29) is 0 Å². The minimum absolute atomic E-state index is 0.386. The van der Waals surface area contributed by atoms with Crippen LogP contribution in [0.1, 0.15) is 24.2 Å². The Kier molecular flexibility index (Phi) is 3.72. The van der Waals surface area contributed by atoms with E-state index < -0.39 is 0 Å². The number of nitrogens with two attached hydrogens (primary N) is 1. The zero-order chi connectivity index (χ0) is 12.1. The predicted molar refractivity (Wildman–Crippen MR) is 63.3 cm³/mol. The fourth-order valence-corrected chi connectivity index (χ4v) is 1.49. The number of aromatic nitrogens is 2. The lowest BCUT2D eigenvalue weighted by Crippen LogP contribution is -1.95. The Bertz CT molecular complexity index is 482. The maximum atomic E-state index is 5.70. The van der Waals surface area contributed by atoms with E-state index >= 15 is 0 Å². The number of nitrogens with zero attached hydrogens (tertiary/aromatic N) is 2. The summed E-state index contributed by atoms with van der Waals surface area (Å²) in [6, 6.07) is 7.62. The maximum Gasteiger partial charge on any atom is 0.231 e. The Morgan fingerprint density at radius 2 is 2.29 bits per heavy atom. The highest BCUT2D eigenvalue weighted by molar-refractivity contribution is 5.41. The second kappa shape index (κ2) is 5.45. The Morgan fingerprint density at radius 1 is 1.41 bits per heavy atom. The van der Waals surface area contributed by atoms with Crippen LogP contribution in [0.4, 0.5) is 5.69 Å². The lowest BCUT2D eigenvalue weighted by Gasteiger charge is -1.97. The van der Waals surface area contributed by atoms with E-state index in [2.05, 4.69) is 10.1 Å². The molecule has 0 bridgehead atoms. The van der Waals surface area contributed by atoms with Gasteiger partial charge in [0.25, 0.3) is 0 Å². The Hall–Kier alpha value is -1.88. The van der Waals surface area contributed by atoms with Crippen LogP contribution in [0.5, 0.6) is 0 Å². The van der Waals surface area contributed by atoms with Crippen molar-refractivity contribution in [2.24, 2.45) is 0 Å². The fourth-order valence-electron chi connectivity index (χ4n) is 1.49. The Morgan fingerprint density at radius 3 is 3.06 bits per heavy atom. The number of benzene rings is 1. The van der Waals surface area contributed by atoms with Gasteiger partial charge >= 0.3 is 0 Å². The Balaban J connectivity index is 2.01. The van der Waals surface area contributed by atoms with Crippen LogP contribution in [0.25, 0.3) is 0 Å². The first-order valence-electron chi connectivity index (χ1n) is 5.51. The van der Waals surface area contributed by atoms with Crippen molar-refractivity contribution in [1.82, 2.24) is 10.1 Å². The highest BCUT2D eigenvalue weighted by Gasteiger charge is 2.07. The third-order valence-electron chi connectivity index (χ3n) is 2.25. The second-order valence-electron chi connectivity index (χ2n) is 3.66. The van der Waals surface area contributed by atoms with Gasteiger partial charge in [-0.1, -0.05) is 17.3 Å². The van der Waals surface area contributed by atoms with Crippen molar-refractivity contribution >= 4 is 5.69 Å². The third-order valence-corrected chi connectivity index (χ3v) is 2.25. The largest absolute Gasteiger partial charge is 0.399 e. The van der Waals surface area contributed by atoms with Gasteiger partial charge in [0, 0.05) is 12.3 Å². The number of ether oxygens (including phenoxy) is 1. The monoisotopic (exact) mass is 233 g/mol. The molecule has 0 saturated carbocycles. The maximum absolute atomic E-state index is 5.70. The smallest absolute Gasteiger partial charge is 0.231 e. The van der Waals surface area contributed by atoms with Gasteiger partial charge in [-0.3, -0.25) is 0 Å². The molecule has 0 aliphatic rings. The topological polar surface area (TPSA) is 74.2 Å². The van der Waals surface area contributed by atoms with Crippen LogP contribution >= 0.6 is 0 Å². The lowest BCUT2D eigenvalue weighted by molar-refractivity contribution is 0.126. The van der Waals surface area contributed by atoms with Crippen LogP contribution in [0.15, 0.2) is 28.8 Å². The molecule has 2 aromatic rings. The zero-order valence-electron chi connectivity index (χ0n) is 9.72. The molecule has 0 aliphatic heterocycles. The summed E-state index contributed by atoms with van der Waals surface area (Å²) >= 11 is 0.